The monoisotopic (exact) mass is 283 g/mol. The van der Waals surface area contributed by atoms with Crippen molar-refractivity contribution in [3.63, 3.8) is 0 Å². The number of rotatable bonds is 2. The third-order valence-corrected chi connectivity index (χ3v) is 3.59. The number of nitrogens with two attached hydrogens (primary N) is 1. The summed E-state index contributed by atoms with van der Waals surface area (Å²) in [5.41, 5.74) is 8.93. The van der Waals surface area contributed by atoms with E-state index in [0.717, 1.165) is 11.3 Å². The second-order valence-electron chi connectivity index (χ2n) is 4.75. The number of hydrogen-bond acceptors (Lipinski definition) is 3. The highest BCUT2D eigenvalue weighted by Crippen LogP contribution is 2.28. The zero-order valence-corrected chi connectivity index (χ0v) is 11.6. The van der Waals surface area contributed by atoms with Crippen LogP contribution in [-0.4, -0.2) is 11.5 Å². The molecular formula is C16H14ClN3. The van der Waals surface area contributed by atoms with Crippen molar-refractivity contribution in [1.29, 1.82) is 0 Å². The molecule has 0 saturated carbocycles. The van der Waals surface area contributed by atoms with Gasteiger partial charge in [-0.05, 0) is 23.3 Å². The lowest BCUT2D eigenvalue weighted by Gasteiger charge is -2.22. The van der Waals surface area contributed by atoms with E-state index < -0.39 is 0 Å². The van der Waals surface area contributed by atoms with Gasteiger partial charge in [-0.25, -0.2) is 0 Å². The average Bonchev–Trinajstić information content (AvgIpc) is 2.48. The normalized spacial score (nSPS) is 18.4. The molecule has 2 aromatic carbocycles. The van der Waals surface area contributed by atoms with Crippen LogP contribution in [-0.2, 0) is 0 Å². The predicted molar refractivity (Wildman–Crippen MR) is 83.4 cm³/mol. The Balaban J connectivity index is 2.06. The molecule has 100 valence electrons. The Morgan fingerprint density at radius 1 is 1.00 bits per heavy atom. The lowest BCUT2D eigenvalue weighted by Crippen LogP contribution is -2.25. The molecular weight excluding hydrogens is 270 g/mol. The van der Waals surface area contributed by atoms with Crippen LogP contribution in [0.4, 0.5) is 0 Å². The summed E-state index contributed by atoms with van der Waals surface area (Å²) in [5, 5.41) is 9.03. The van der Waals surface area contributed by atoms with Crippen molar-refractivity contribution < 1.29 is 0 Å². The van der Waals surface area contributed by atoms with E-state index in [1.807, 2.05) is 42.5 Å². The van der Waals surface area contributed by atoms with Crippen LogP contribution in [0.3, 0.4) is 0 Å². The molecule has 2 N–H and O–H groups in total. The minimum Gasteiger partial charge on any atom is -0.386 e. The van der Waals surface area contributed by atoms with E-state index >= 15 is 0 Å². The maximum Gasteiger partial charge on any atom is 0.123 e. The smallest absolute Gasteiger partial charge is 0.123 e. The molecule has 0 spiro atoms. The minimum atomic E-state index is 0.118. The molecule has 0 aliphatic carbocycles. The summed E-state index contributed by atoms with van der Waals surface area (Å²) in [4.78, 5) is 0. The highest BCUT2D eigenvalue weighted by Gasteiger charge is 2.24. The van der Waals surface area contributed by atoms with Gasteiger partial charge in [0.2, 0.25) is 0 Å². The molecule has 0 bridgehead atoms. The number of amidine groups is 1. The number of hydrogen-bond donors (Lipinski definition) is 1. The third kappa shape index (κ3) is 2.58. The molecule has 20 heavy (non-hydrogen) atoms. The summed E-state index contributed by atoms with van der Waals surface area (Å²) in [7, 11) is 0. The first kappa shape index (κ1) is 12.9. The van der Waals surface area contributed by atoms with Gasteiger partial charge in [0, 0.05) is 17.4 Å². The van der Waals surface area contributed by atoms with Gasteiger partial charge in [-0.2, -0.15) is 5.10 Å². The van der Waals surface area contributed by atoms with Gasteiger partial charge in [0.05, 0.1) is 5.71 Å². The molecule has 0 radical (unpaired) electrons. The zero-order chi connectivity index (χ0) is 13.9. The summed E-state index contributed by atoms with van der Waals surface area (Å²) in [6.45, 7) is 0. The predicted octanol–water partition coefficient (Wildman–Crippen LogP) is 3.59. The molecule has 3 nitrogen and oxygen atoms in total. The first-order valence-electron chi connectivity index (χ1n) is 6.45. The van der Waals surface area contributed by atoms with Crippen molar-refractivity contribution >= 4 is 23.1 Å². The Hall–Kier alpha value is -2.13. The molecule has 0 saturated heterocycles. The lowest BCUT2D eigenvalue weighted by atomic mass is 9.86. The fraction of sp³-hybridized carbons (Fsp3) is 0.125. The number of nitrogens with zero attached hydrogens (tertiary/aromatic N) is 2. The quantitative estimate of drug-likeness (QED) is 0.900. The van der Waals surface area contributed by atoms with E-state index in [4.69, 9.17) is 17.3 Å². The number of benzene rings is 2. The maximum absolute atomic E-state index is 6.07. The molecule has 1 unspecified atom stereocenters. The Bertz CT molecular complexity index is 677. The van der Waals surface area contributed by atoms with Crippen LogP contribution in [0.15, 0.2) is 64.8 Å². The lowest BCUT2D eigenvalue weighted by molar-refractivity contribution is 0.887. The van der Waals surface area contributed by atoms with Gasteiger partial charge in [0.15, 0.2) is 0 Å². The molecule has 1 heterocycles. The van der Waals surface area contributed by atoms with Crippen LogP contribution in [0.2, 0.25) is 5.02 Å². The van der Waals surface area contributed by atoms with E-state index in [2.05, 4.69) is 22.3 Å². The van der Waals surface area contributed by atoms with E-state index in [1.165, 1.54) is 5.56 Å². The van der Waals surface area contributed by atoms with Crippen molar-refractivity contribution in [1.82, 2.24) is 0 Å². The van der Waals surface area contributed by atoms with Gasteiger partial charge in [0.25, 0.3) is 0 Å². The van der Waals surface area contributed by atoms with Crippen LogP contribution in [0, 0.1) is 0 Å². The fourth-order valence-corrected chi connectivity index (χ4v) is 2.59. The Labute approximate surface area is 122 Å². The fourth-order valence-electron chi connectivity index (χ4n) is 2.40. The second-order valence-corrected chi connectivity index (χ2v) is 5.19. The van der Waals surface area contributed by atoms with Crippen molar-refractivity contribution in [3.8, 4) is 0 Å². The van der Waals surface area contributed by atoms with Crippen molar-refractivity contribution in [2.45, 2.75) is 12.3 Å². The molecule has 1 aliphatic rings. The highest BCUT2D eigenvalue weighted by atomic mass is 35.5. The standard InChI is InChI=1S/C16H14ClN3/c17-13-8-4-7-12(9-13)16-14(10-15(18)19-20-16)11-5-2-1-3-6-11/h1-9,14H,10H2,(H2,18,19). The minimum absolute atomic E-state index is 0.118. The molecule has 0 aromatic heterocycles. The summed E-state index contributed by atoms with van der Waals surface area (Å²) in [6, 6.07) is 17.9. The van der Waals surface area contributed by atoms with Gasteiger partial charge in [-0.3, -0.25) is 0 Å². The maximum atomic E-state index is 6.07. The molecule has 0 fully saturated rings. The van der Waals surface area contributed by atoms with Crippen molar-refractivity contribution in [3.05, 3.63) is 70.7 Å². The Morgan fingerprint density at radius 3 is 2.55 bits per heavy atom. The molecule has 1 atom stereocenters. The summed E-state index contributed by atoms with van der Waals surface area (Å²) in [6.07, 6.45) is 0.676. The summed E-state index contributed by atoms with van der Waals surface area (Å²) >= 11 is 6.07. The van der Waals surface area contributed by atoms with Crippen LogP contribution in [0.25, 0.3) is 0 Å². The van der Waals surface area contributed by atoms with Gasteiger partial charge in [-0.15, -0.1) is 5.10 Å². The van der Waals surface area contributed by atoms with Crippen LogP contribution in [0.1, 0.15) is 23.5 Å². The Kier molecular flexibility index (Phi) is 3.52. The molecule has 1 aliphatic heterocycles. The van der Waals surface area contributed by atoms with Crippen LogP contribution >= 0.6 is 11.6 Å². The highest BCUT2D eigenvalue weighted by molar-refractivity contribution is 6.31. The number of halogens is 1. The largest absolute Gasteiger partial charge is 0.386 e. The Morgan fingerprint density at radius 2 is 1.80 bits per heavy atom. The summed E-state index contributed by atoms with van der Waals surface area (Å²) < 4.78 is 0. The van der Waals surface area contributed by atoms with E-state index in [0.29, 0.717) is 17.3 Å². The third-order valence-electron chi connectivity index (χ3n) is 3.35. The SMILES string of the molecule is NC1=NN=C(c2cccc(Cl)c2)C(c2ccccc2)C1. The molecule has 3 rings (SSSR count). The first-order chi connectivity index (χ1) is 9.74. The van der Waals surface area contributed by atoms with Gasteiger partial charge in [0.1, 0.15) is 5.84 Å². The van der Waals surface area contributed by atoms with Gasteiger partial charge >= 0.3 is 0 Å². The second kappa shape index (κ2) is 5.47. The van der Waals surface area contributed by atoms with E-state index in [1.54, 1.807) is 0 Å². The van der Waals surface area contributed by atoms with Gasteiger partial charge in [-0.1, -0.05) is 54.1 Å². The van der Waals surface area contributed by atoms with Gasteiger partial charge < -0.3 is 5.73 Å². The molecule has 0 amide bonds. The van der Waals surface area contributed by atoms with Crippen molar-refractivity contribution in [2.75, 3.05) is 0 Å². The van der Waals surface area contributed by atoms with Crippen LogP contribution in [0.5, 0.6) is 0 Å². The first-order valence-corrected chi connectivity index (χ1v) is 6.82. The van der Waals surface area contributed by atoms with Crippen molar-refractivity contribution in [2.24, 2.45) is 15.9 Å². The average molecular weight is 284 g/mol. The van der Waals surface area contributed by atoms with Crippen LogP contribution < -0.4 is 5.73 Å². The topological polar surface area (TPSA) is 50.7 Å². The molecule has 2 aromatic rings. The van der Waals surface area contributed by atoms with E-state index in [-0.39, 0.29) is 5.92 Å². The van der Waals surface area contributed by atoms with E-state index in [9.17, 15) is 0 Å². The zero-order valence-electron chi connectivity index (χ0n) is 10.8. The molecule has 4 heteroatoms. The summed E-state index contributed by atoms with van der Waals surface area (Å²) in [5.74, 6) is 0.678.